The lowest BCUT2D eigenvalue weighted by Gasteiger charge is -2.33. The zero-order valence-corrected chi connectivity index (χ0v) is 9.93. The van der Waals surface area contributed by atoms with Crippen LogP contribution < -0.4 is 4.90 Å². The molecule has 0 bridgehead atoms. The highest BCUT2D eigenvalue weighted by Gasteiger charge is 2.17. The maximum absolute atomic E-state index is 4.43. The molecule has 1 aliphatic rings. The van der Waals surface area contributed by atoms with E-state index in [1.807, 2.05) is 18.2 Å². The van der Waals surface area contributed by atoms with Gasteiger partial charge in [0.1, 0.15) is 12.1 Å². The molecule has 0 N–H and O–H groups in total. The predicted octanol–water partition coefficient (Wildman–Crippen LogP) is 1.18. The fourth-order valence-corrected chi connectivity index (χ4v) is 2.20. The number of anilines is 1. The Labute approximate surface area is 101 Å². The van der Waals surface area contributed by atoms with E-state index in [1.165, 1.54) is 0 Å². The molecular weight excluding hydrogens is 212 g/mol. The molecule has 4 heteroatoms. The van der Waals surface area contributed by atoms with Crippen LogP contribution in [0.15, 0.2) is 24.5 Å². The summed E-state index contributed by atoms with van der Waals surface area (Å²) in [4.78, 5) is 13.4. The van der Waals surface area contributed by atoms with E-state index in [9.17, 15) is 0 Å². The molecule has 1 saturated heterocycles. The smallest absolute Gasteiger partial charge is 0.139 e. The van der Waals surface area contributed by atoms with Crippen LogP contribution in [0.5, 0.6) is 0 Å². The monoisotopic (exact) mass is 227 g/mol. The van der Waals surface area contributed by atoms with Crippen LogP contribution >= 0.6 is 0 Å². The highest BCUT2D eigenvalue weighted by Crippen LogP contribution is 2.22. The van der Waals surface area contributed by atoms with Gasteiger partial charge in [-0.05, 0) is 25.2 Å². The van der Waals surface area contributed by atoms with Crippen LogP contribution in [0.25, 0.3) is 10.9 Å². The number of hydrogen-bond donors (Lipinski definition) is 0. The molecule has 2 aromatic rings. The minimum atomic E-state index is 0.993. The summed E-state index contributed by atoms with van der Waals surface area (Å²) in [5.74, 6) is 1.04. The van der Waals surface area contributed by atoms with E-state index in [-0.39, 0.29) is 0 Å². The van der Waals surface area contributed by atoms with E-state index < -0.39 is 0 Å². The third-order valence-corrected chi connectivity index (χ3v) is 3.26. The Morgan fingerprint density at radius 2 is 2.00 bits per heavy atom. The predicted molar refractivity (Wildman–Crippen MR) is 68.1 cm³/mol. The fourth-order valence-electron chi connectivity index (χ4n) is 2.20. The Hall–Kier alpha value is -1.68. The fraction of sp³-hybridized carbons (Fsp3) is 0.385. The molecule has 1 aromatic carbocycles. The van der Waals surface area contributed by atoms with Crippen LogP contribution in [-0.2, 0) is 0 Å². The van der Waals surface area contributed by atoms with E-state index in [4.69, 9.17) is 0 Å². The molecule has 1 radical (unpaired) electrons. The Bertz CT molecular complexity index is 512. The van der Waals surface area contributed by atoms with Gasteiger partial charge in [0.2, 0.25) is 0 Å². The van der Waals surface area contributed by atoms with Gasteiger partial charge in [0.15, 0.2) is 0 Å². The maximum Gasteiger partial charge on any atom is 0.139 e. The first-order chi connectivity index (χ1) is 8.34. The van der Waals surface area contributed by atoms with Crippen molar-refractivity contribution in [2.75, 3.05) is 38.1 Å². The summed E-state index contributed by atoms with van der Waals surface area (Å²) >= 11 is 0. The lowest BCUT2D eigenvalue weighted by molar-refractivity contribution is 0.312. The third-order valence-electron chi connectivity index (χ3n) is 3.26. The summed E-state index contributed by atoms with van der Waals surface area (Å²) in [5, 5.41) is 1.10. The van der Waals surface area contributed by atoms with E-state index >= 15 is 0 Å². The second-order valence-corrected chi connectivity index (χ2v) is 4.43. The number of rotatable bonds is 1. The molecule has 3 rings (SSSR count). The van der Waals surface area contributed by atoms with Crippen LogP contribution in [0, 0.1) is 6.07 Å². The summed E-state index contributed by atoms with van der Waals surface area (Å²) in [6.45, 7) is 4.22. The van der Waals surface area contributed by atoms with Gasteiger partial charge in [-0.15, -0.1) is 0 Å². The molecular formula is C13H15N4. The quantitative estimate of drug-likeness (QED) is 0.732. The summed E-state index contributed by atoms with van der Waals surface area (Å²) < 4.78 is 0. The SMILES string of the molecule is CN1CCN(c2ncnc3cc[c]cc23)CC1. The maximum atomic E-state index is 4.43. The second kappa shape index (κ2) is 4.30. The van der Waals surface area contributed by atoms with Gasteiger partial charge in [-0.25, -0.2) is 9.97 Å². The molecule has 1 aromatic heterocycles. The molecule has 1 aliphatic heterocycles. The van der Waals surface area contributed by atoms with Crippen molar-refractivity contribution in [1.82, 2.24) is 14.9 Å². The Morgan fingerprint density at radius 3 is 2.82 bits per heavy atom. The van der Waals surface area contributed by atoms with Gasteiger partial charge in [-0.2, -0.15) is 0 Å². The summed E-state index contributed by atoms with van der Waals surface area (Å²) in [6.07, 6.45) is 1.65. The standard InChI is InChI=1S/C13H15N4/c1-16-6-8-17(9-7-16)13-11-4-2-3-5-12(11)14-10-15-13/h3-5,10H,6-9H2,1H3. The molecule has 1 fully saturated rings. The van der Waals surface area contributed by atoms with E-state index in [2.05, 4.69) is 32.9 Å². The van der Waals surface area contributed by atoms with Crippen molar-refractivity contribution in [3.8, 4) is 0 Å². The molecule has 17 heavy (non-hydrogen) atoms. The van der Waals surface area contributed by atoms with Crippen molar-refractivity contribution in [1.29, 1.82) is 0 Å². The first-order valence-electron chi connectivity index (χ1n) is 5.89. The Balaban J connectivity index is 2.00. The number of fused-ring (bicyclic) bond motifs is 1. The number of aromatic nitrogens is 2. The van der Waals surface area contributed by atoms with Gasteiger partial charge < -0.3 is 9.80 Å². The van der Waals surface area contributed by atoms with Crippen LogP contribution in [0.3, 0.4) is 0 Å². The number of nitrogens with zero attached hydrogens (tertiary/aromatic N) is 4. The van der Waals surface area contributed by atoms with E-state index in [1.54, 1.807) is 6.33 Å². The molecule has 4 nitrogen and oxygen atoms in total. The first kappa shape index (κ1) is 10.5. The van der Waals surface area contributed by atoms with Crippen molar-refractivity contribution < 1.29 is 0 Å². The molecule has 0 amide bonds. The largest absolute Gasteiger partial charge is 0.353 e. The summed E-state index contributed by atoms with van der Waals surface area (Å²) in [7, 11) is 2.16. The lowest BCUT2D eigenvalue weighted by Crippen LogP contribution is -2.44. The van der Waals surface area contributed by atoms with Gasteiger partial charge in [0.25, 0.3) is 0 Å². The van der Waals surface area contributed by atoms with Crippen molar-refractivity contribution in [2.45, 2.75) is 0 Å². The third kappa shape index (κ3) is 1.96. The molecule has 0 aliphatic carbocycles. The summed E-state index contributed by atoms with van der Waals surface area (Å²) in [5.41, 5.74) is 0.993. The zero-order valence-electron chi connectivity index (χ0n) is 9.93. The Kier molecular flexibility index (Phi) is 2.65. The molecule has 0 atom stereocenters. The van der Waals surface area contributed by atoms with E-state index in [0.717, 1.165) is 42.9 Å². The van der Waals surface area contributed by atoms with Gasteiger partial charge in [-0.1, -0.05) is 6.07 Å². The van der Waals surface area contributed by atoms with Gasteiger partial charge >= 0.3 is 0 Å². The van der Waals surface area contributed by atoms with Gasteiger partial charge in [-0.3, -0.25) is 0 Å². The topological polar surface area (TPSA) is 32.3 Å². The molecule has 0 saturated carbocycles. The molecule has 0 unspecified atom stereocenters. The van der Waals surface area contributed by atoms with Gasteiger partial charge in [0, 0.05) is 31.6 Å². The molecule has 0 spiro atoms. The molecule has 87 valence electrons. The van der Waals surface area contributed by atoms with Gasteiger partial charge in [0.05, 0.1) is 5.52 Å². The van der Waals surface area contributed by atoms with Crippen LogP contribution in [0.2, 0.25) is 0 Å². The number of hydrogen-bond acceptors (Lipinski definition) is 4. The minimum absolute atomic E-state index is 0.993. The highest BCUT2D eigenvalue weighted by atomic mass is 15.3. The lowest BCUT2D eigenvalue weighted by atomic mass is 10.2. The number of piperazine rings is 1. The Morgan fingerprint density at radius 1 is 1.18 bits per heavy atom. The number of likely N-dealkylation sites (N-methyl/N-ethyl adjacent to an activating group) is 1. The minimum Gasteiger partial charge on any atom is -0.353 e. The summed E-state index contributed by atoms with van der Waals surface area (Å²) in [6, 6.07) is 8.96. The zero-order chi connectivity index (χ0) is 11.7. The van der Waals surface area contributed by atoms with E-state index in [0.29, 0.717) is 0 Å². The van der Waals surface area contributed by atoms with Crippen molar-refractivity contribution in [3.05, 3.63) is 30.6 Å². The van der Waals surface area contributed by atoms with Crippen LogP contribution in [-0.4, -0.2) is 48.1 Å². The van der Waals surface area contributed by atoms with Crippen LogP contribution in [0.1, 0.15) is 0 Å². The average molecular weight is 227 g/mol. The molecule has 2 heterocycles. The van der Waals surface area contributed by atoms with Crippen molar-refractivity contribution in [3.63, 3.8) is 0 Å². The van der Waals surface area contributed by atoms with Crippen molar-refractivity contribution in [2.24, 2.45) is 0 Å². The average Bonchev–Trinajstić information content (AvgIpc) is 2.39. The normalized spacial score (nSPS) is 17.6. The van der Waals surface area contributed by atoms with Crippen LogP contribution in [0.4, 0.5) is 5.82 Å². The van der Waals surface area contributed by atoms with Crippen molar-refractivity contribution >= 4 is 16.7 Å². The first-order valence-corrected chi connectivity index (χ1v) is 5.89. The second-order valence-electron chi connectivity index (χ2n) is 4.43. The highest BCUT2D eigenvalue weighted by molar-refractivity contribution is 5.89. The number of benzene rings is 1.